The van der Waals surface area contributed by atoms with Gasteiger partial charge in [0.05, 0.1) is 6.20 Å². The summed E-state index contributed by atoms with van der Waals surface area (Å²) in [5.41, 5.74) is 8.06. The molecule has 0 bridgehead atoms. The highest BCUT2D eigenvalue weighted by atomic mass is 16.5. The fourth-order valence-electron chi connectivity index (χ4n) is 1.66. The average Bonchev–Trinajstić information content (AvgIpc) is 2.52. The zero-order chi connectivity index (χ0) is 15.1. The third-order valence-electron chi connectivity index (χ3n) is 3.21. The predicted molar refractivity (Wildman–Crippen MR) is 85.7 cm³/mol. The van der Waals surface area contributed by atoms with Gasteiger partial charge in [-0.25, -0.2) is 0 Å². The molecule has 0 amide bonds. The van der Waals surface area contributed by atoms with Crippen molar-refractivity contribution >= 4 is 12.2 Å². The Morgan fingerprint density at radius 1 is 1.10 bits per heavy atom. The first-order valence-corrected chi connectivity index (χ1v) is 7.06. The summed E-state index contributed by atoms with van der Waals surface area (Å²) >= 11 is 0. The summed E-state index contributed by atoms with van der Waals surface area (Å²) in [6.07, 6.45) is 11.1. The minimum Gasteiger partial charge on any atom is -0.490 e. The number of nitrogens with zero attached hydrogens (tertiary/aromatic N) is 2. The Kier molecular flexibility index (Phi) is 5.46. The molecule has 110 valence electrons. The third-order valence-corrected chi connectivity index (χ3v) is 3.21. The van der Waals surface area contributed by atoms with Crippen molar-refractivity contribution in [3.05, 3.63) is 54.1 Å². The number of hydrogen-bond acceptors (Lipinski definition) is 4. The number of nitrogens with two attached hydrogens (primary N) is 1. The van der Waals surface area contributed by atoms with E-state index in [1.54, 1.807) is 24.8 Å². The highest BCUT2D eigenvalue weighted by Gasteiger charge is 2.08. The lowest BCUT2D eigenvalue weighted by molar-refractivity contribution is 0.259. The highest BCUT2D eigenvalue weighted by molar-refractivity contribution is 5.69. The largest absolute Gasteiger partial charge is 0.490 e. The molecule has 0 saturated heterocycles. The van der Waals surface area contributed by atoms with E-state index in [0.29, 0.717) is 12.5 Å². The van der Waals surface area contributed by atoms with Crippen molar-refractivity contribution in [3.8, 4) is 5.75 Å². The Morgan fingerprint density at radius 2 is 1.81 bits per heavy atom. The molecule has 0 radical (unpaired) electrons. The van der Waals surface area contributed by atoms with Crippen molar-refractivity contribution in [1.29, 1.82) is 0 Å². The third kappa shape index (κ3) is 5.00. The van der Waals surface area contributed by atoms with Crippen molar-refractivity contribution in [2.45, 2.75) is 19.9 Å². The molecule has 0 aliphatic heterocycles. The molecule has 0 saturated carbocycles. The lowest BCUT2D eigenvalue weighted by Gasteiger charge is -2.16. The topological polar surface area (TPSA) is 61.0 Å². The molecule has 4 nitrogen and oxygen atoms in total. The maximum absolute atomic E-state index is 5.97. The summed E-state index contributed by atoms with van der Waals surface area (Å²) in [4.78, 5) is 8.18. The normalized spacial score (nSPS) is 12.8. The van der Waals surface area contributed by atoms with Gasteiger partial charge in [-0.05, 0) is 35.2 Å². The van der Waals surface area contributed by atoms with Crippen LogP contribution in [0.25, 0.3) is 12.2 Å². The van der Waals surface area contributed by atoms with Crippen molar-refractivity contribution in [2.75, 3.05) is 6.61 Å². The van der Waals surface area contributed by atoms with Crippen molar-refractivity contribution in [2.24, 2.45) is 11.7 Å². The van der Waals surface area contributed by atoms with E-state index >= 15 is 0 Å². The van der Waals surface area contributed by atoms with Crippen LogP contribution in [0.3, 0.4) is 0 Å². The molecule has 2 aromatic rings. The molecule has 21 heavy (non-hydrogen) atoms. The van der Waals surface area contributed by atoms with Crippen LogP contribution in [0.1, 0.15) is 25.0 Å². The van der Waals surface area contributed by atoms with Crippen LogP contribution in [0.15, 0.2) is 43.0 Å². The Morgan fingerprint density at radius 3 is 2.52 bits per heavy atom. The van der Waals surface area contributed by atoms with E-state index in [9.17, 15) is 0 Å². The first-order valence-electron chi connectivity index (χ1n) is 7.06. The van der Waals surface area contributed by atoms with Crippen LogP contribution >= 0.6 is 0 Å². The van der Waals surface area contributed by atoms with Gasteiger partial charge in [0.25, 0.3) is 0 Å². The van der Waals surface area contributed by atoms with E-state index in [-0.39, 0.29) is 6.04 Å². The Bertz CT molecular complexity index is 582. The van der Waals surface area contributed by atoms with Gasteiger partial charge in [0.1, 0.15) is 12.4 Å². The van der Waals surface area contributed by atoms with Gasteiger partial charge in [0.15, 0.2) is 0 Å². The fourth-order valence-corrected chi connectivity index (χ4v) is 1.66. The van der Waals surface area contributed by atoms with Crippen LogP contribution < -0.4 is 10.5 Å². The number of rotatable bonds is 6. The Balaban J connectivity index is 1.99. The summed E-state index contributed by atoms with van der Waals surface area (Å²) in [5.74, 6) is 1.13. The fraction of sp³-hybridized carbons (Fsp3) is 0.294. The molecular formula is C17H21N3O. The maximum atomic E-state index is 5.97. The molecule has 0 aromatic carbocycles. The number of ether oxygens (including phenoxy) is 1. The number of pyridine rings is 2. The molecule has 0 aliphatic carbocycles. The number of aromatic nitrogens is 2. The molecule has 1 atom stereocenters. The van der Waals surface area contributed by atoms with Crippen molar-refractivity contribution in [1.82, 2.24) is 9.97 Å². The molecule has 0 fully saturated rings. The van der Waals surface area contributed by atoms with Crippen LogP contribution in [0.2, 0.25) is 0 Å². The molecule has 4 heteroatoms. The zero-order valence-electron chi connectivity index (χ0n) is 12.4. The van der Waals surface area contributed by atoms with Crippen LogP contribution in [0.5, 0.6) is 5.75 Å². The van der Waals surface area contributed by atoms with Gasteiger partial charge in [0, 0.05) is 24.6 Å². The highest BCUT2D eigenvalue weighted by Crippen LogP contribution is 2.14. The predicted octanol–water partition coefficient (Wildman–Crippen LogP) is 3.01. The molecule has 2 heterocycles. The standard InChI is InChI=1S/C17H21N3O/c1-13(2)17(18)12-21-16-9-15(10-20-11-16)4-3-14-5-7-19-8-6-14/h3-11,13,17H,12,18H2,1-2H3/t17-/m1/s1. The number of hydrogen-bond donors (Lipinski definition) is 1. The second kappa shape index (κ2) is 7.55. The van der Waals surface area contributed by atoms with Crippen LogP contribution in [-0.4, -0.2) is 22.6 Å². The summed E-state index contributed by atoms with van der Waals surface area (Å²) < 4.78 is 5.69. The zero-order valence-corrected chi connectivity index (χ0v) is 12.4. The second-order valence-electron chi connectivity index (χ2n) is 5.29. The summed E-state index contributed by atoms with van der Waals surface area (Å²) in [5, 5.41) is 0. The van der Waals surface area contributed by atoms with Gasteiger partial charge in [-0.1, -0.05) is 26.0 Å². The summed E-state index contributed by atoms with van der Waals surface area (Å²) in [6.45, 7) is 4.66. The summed E-state index contributed by atoms with van der Waals surface area (Å²) in [7, 11) is 0. The lowest BCUT2D eigenvalue weighted by Crippen LogP contribution is -2.33. The molecule has 2 rings (SSSR count). The minimum atomic E-state index is 0.0287. The molecule has 0 unspecified atom stereocenters. The van der Waals surface area contributed by atoms with E-state index in [1.165, 1.54) is 0 Å². The SMILES string of the molecule is CC(C)[C@H](N)COc1cncc(C=Cc2ccncc2)c1. The second-order valence-corrected chi connectivity index (χ2v) is 5.29. The smallest absolute Gasteiger partial charge is 0.138 e. The van der Waals surface area contributed by atoms with Gasteiger partial charge in [-0.2, -0.15) is 0 Å². The van der Waals surface area contributed by atoms with Gasteiger partial charge in [-0.15, -0.1) is 0 Å². The van der Waals surface area contributed by atoms with Gasteiger partial charge in [0.2, 0.25) is 0 Å². The van der Waals surface area contributed by atoms with E-state index in [2.05, 4.69) is 23.8 Å². The molecular weight excluding hydrogens is 262 g/mol. The quantitative estimate of drug-likeness (QED) is 0.885. The monoisotopic (exact) mass is 283 g/mol. The van der Waals surface area contributed by atoms with Crippen LogP contribution in [-0.2, 0) is 0 Å². The molecule has 0 aliphatic rings. The van der Waals surface area contributed by atoms with E-state index in [0.717, 1.165) is 16.9 Å². The molecule has 0 spiro atoms. The Labute approximate surface area is 125 Å². The first-order chi connectivity index (χ1) is 10.1. The first kappa shape index (κ1) is 15.2. The molecule has 2 N–H and O–H groups in total. The Hall–Kier alpha value is -2.20. The summed E-state index contributed by atoms with van der Waals surface area (Å²) in [6, 6.07) is 5.89. The average molecular weight is 283 g/mol. The van der Waals surface area contributed by atoms with Crippen molar-refractivity contribution in [3.63, 3.8) is 0 Å². The van der Waals surface area contributed by atoms with Crippen LogP contribution in [0, 0.1) is 5.92 Å². The van der Waals surface area contributed by atoms with E-state index in [4.69, 9.17) is 10.5 Å². The van der Waals surface area contributed by atoms with Gasteiger partial charge < -0.3 is 10.5 Å². The minimum absolute atomic E-state index is 0.0287. The molecule has 2 aromatic heterocycles. The van der Waals surface area contributed by atoms with E-state index < -0.39 is 0 Å². The lowest BCUT2D eigenvalue weighted by atomic mass is 10.1. The van der Waals surface area contributed by atoms with Crippen LogP contribution in [0.4, 0.5) is 0 Å². The maximum Gasteiger partial charge on any atom is 0.138 e. The van der Waals surface area contributed by atoms with Crippen molar-refractivity contribution < 1.29 is 4.74 Å². The van der Waals surface area contributed by atoms with E-state index in [1.807, 2.05) is 30.4 Å². The van der Waals surface area contributed by atoms with Gasteiger partial charge >= 0.3 is 0 Å². The van der Waals surface area contributed by atoms with Gasteiger partial charge in [-0.3, -0.25) is 9.97 Å².